The Morgan fingerprint density at radius 2 is 2.05 bits per heavy atom. The van der Waals surface area contributed by atoms with Crippen molar-refractivity contribution >= 4 is 23.4 Å². The van der Waals surface area contributed by atoms with E-state index in [9.17, 15) is 4.79 Å². The second-order valence-electron chi connectivity index (χ2n) is 5.14. The van der Waals surface area contributed by atoms with E-state index in [1.165, 1.54) is 0 Å². The van der Waals surface area contributed by atoms with E-state index in [1.54, 1.807) is 14.5 Å². The van der Waals surface area contributed by atoms with Crippen LogP contribution in [0.5, 0.6) is 0 Å². The van der Waals surface area contributed by atoms with Crippen molar-refractivity contribution in [2.24, 2.45) is 7.05 Å². The summed E-state index contributed by atoms with van der Waals surface area (Å²) in [4.78, 5) is 19.8. The Morgan fingerprint density at radius 3 is 2.67 bits per heavy atom. The number of amides is 2. The summed E-state index contributed by atoms with van der Waals surface area (Å²) < 4.78 is 1.71. The summed E-state index contributed by atoms with van der Waals surface area (Å²) in [6.45, 7) is 3.35. The van der Waals surface area contributed by atoms with Gasteiger partial charge in [-0.25, -0.2) is 4.79 Å². The van der Waals surface area contributed by atoms with E-state index in [0.29, 0.717) is 12.5 Å². The number of nitrogens with one attached hydrogen (secondary N) is 1. The van der Waals surface area contributed by atoms with Gasteiger partial charge in [0.1, 0.15) is 5.82 Å². The summed E-state index contributed by atoms with van der Waals surface area (Å²) in [6.07, 6.45) is 0. The van der Waals surface area contributed by atoms with Crippen LogP contribution in [0.2, 0.25) is 0 Å². The molecule has 1 aromatic heterocycles. The molecule has 0 unspecified atom stereocenters. The molecule has 2 amide bonds. The molecule has 0 saturated carbocycles. The Morgan fingerprint density at radius 1 is 1.24 bits per heavy atom. The molecule has 0 spiro atoms. The summed E-state index contributed by atoms with van der Waals surface area (Å²) in [5.41, 5.74) is 1.74. The number of hydrogen-bond acceptors (Lipinski definition) is 4. The molecule has 7 heteroatoms. The fourth-order valence-corrected chi connectivity index (χ4v) is 2.28. The van der Waals surface area contributed by atoms with Crippen LogP contribution in [0.1, 0.15) is 5.82 Å². The third kappa shape index (κ3) is 2.54. The molecule has 0 atom stereocenters. The lowest BCUT2D eigenvalue weighted by Gasteiger charge is -2.16. The Kier molecular flexibility index (Phi) is 3.25. The highest BCUT2D eigenvalue weighted by Gasteiger charge is 2.26. The minimum atomic E-state index is 0.0268. The first-order chi connectivity index (χ1) is 10.0. The number of urea groups is 1. The quantitative estimate of drug-likeness (QED) is 0.933. The monoisotopic (exact) mass is 286 g/mol. The minimum Gasteiger partial charge on any atom is -0.326 e. The molecule has 3 rings (SSSR count). The van der Waals surface area contributed by atoms with Crippen LogP contribution in [-0.2, 0) is 7.05 Å². The van der Waals surface area contributed by atoms with E-state index >= 15 is 0 Å². The molecule has 21 heavy (non-hydrogen) atoms. The van der Waals surface area contributed by atoms with Gasteiger partial charge in [-0.2, -0.15) is 4.98 Å². The Hall–Kier alpha value is -2.57. The van der Waals surface area contributed by atoms with Gasteiger partial charge in [0.15, 0.2) is 0 Å². The van der Waals surface area contributed by atoms with E-state index in [4.69, 9.17) is 0 Å². The molecule has 0 radical (unpaired) electrons. The maximum Gasteiger partial charge on any atom is 0.324 e. The molecule has 0 bridgehead atoms. The smallest absolute Gasteiger partial charge is 0.324 e. The van der Waals surface area contributed by atoms with Crippen molar-refractivity contribution in [3.8, 4) is 0 Å². The number of likely N-dealkylation sites (N-methyl/N-ethyl adjacent to an activating group) is 1. The molecule has 1 aromatic carbocycles. The van der Waals surface area contributed by atoms with Crippen LogP contribution >= 0.6 is 0 Å². The van der Waals surface area contributed by atoms with Gasteiger partial charge in [0.05, 0.1) is 0 Å². The number of carbonyl (C=O) groups is 1. The fourth-order valence-electron chi connectivity index (χ4n) is 2.28. The summed E-state index contributed by atoms with van der Waals surface area (Å²) >= 11 is 0. The zero-order chi connectivity index (χ0) is 15.0. The molecular weight excluding hydrogens is 268 g/mol. The van der Waals surface area contributed by atoms with E-state index in [2.05, 4.69) is 15.4 Å². The fraction of sp³-hybridized carbons (Fsp3) is 0.357. The van der Waals surface area contributed by atoms with Gasteiger partial charge in [0.2, 0.25) is 5.95 Å². The van der Waals surface area contributed by atoms with Crippen molar-refractivity contribution in [1.29, 1.82) is 0 Å². The lowest BCUT2D eigenvalue weighted by atomic mass is 10.2. The number of nitrogens with zero attached hydrogens (tertiary/aromatic N) is 5. The molecule has 1 fully saturated rings. The third-order valence-electron chi connectivity index (χ3n) is 3.61. The zero-order valence-corrected chi connectivity index (χ0v) is 12.4. The molecule has 1 saturated heterocycles. The lowest BCUT2D eigenvalue weighted by Crippen LogP contribution is -2.29. The van der Waals surface area contributed by atoms with E-state index in [0.717, 1.165) is 23.7 Å². The largest absolute Gasteiger partial charge is 0.326 e. The molecule has 1 aliphatic rings. The van der Waals surface area contributed by atoms with Crippen molar-refractivity contribution in [3.05, 3.63) is 30.1 Å². The van der Waals surface area contributed by atoms with Gasteiger partial charge in [-0.3, -0.25) is 9.58 Å². The maximum atomic E-state index is 12.0. The predicted octanol–water partition coefficient (Wildman–Crippen LogP) is 1.74. The molecule has 7 nitrogen and oxygen atoms in total. The number of hydrogen-bond donors (Lipinski definition) is 1. The van der Waals surface area contributed by atoms with Gasteiger partial charge in [0, 0.05) is 38.6 Å². The second kappa shape index (κ2) is 5.08. The molecule has 2 aromatic rings. The number of rotatable bonds is 3. The maximum absolute atomic E-state index is 12.0. The van der Waals surface area contributed by atoms with Crippen molar-refractivity contribution in [2.45, 2.75) is 6.92 Å². The third-order valence-corrected chi connectivity index (χ3v) is 3.61. The summed E-state index contributed by atoms with van der Waals surface area (Å²) in [6, 6.07) is 7.74. The number of aromatic nitrogens is 3. The number of carbonyl (C=O) groups excluding carboxylic acids is 1. The number of aryl methyl sites for hydroxylation is 2. The Balaban J connectivity index is 1.82. The van der Waals surface area contributed by atoms with Crippen molar-refractivity contribution < 1.29 is 4.79 Å². The SMILES string of the molecule is Cc1nc(Nc2cccc(N3CCN(C)C3=O)c2)nn1C. The predicted molar refractivity (Wildman–Crippen MR) is 80.8 cm³/mol. The second-order valence-corrected chi connectivity index (χ2v) is 5.14. The molecule has 2 heterocycles. The number of benzene rings is 1. The molecule has 0 aliphatic carbocycles. The first-order valence-corrected chi connectivity index (χ1v) is 6.82. The van der Waals surface area contributed by atoms with Gasteiger partial charge in [-0.1, -0.05) is 6.07 Å². The highest BCUT2D eigenvalue weighted by molar-refractivity contribution is 5.94. The topological polar surface area (TPSA) is 66.3 Å². The molecule has 1 aliphatic heterocycles. The molecule has 1 N–H and O–H groups in total. The van der Waals surface area contributed by atoms with Gasteiger partial charge >= 0.3 is 6.03 Å². The Bertz CT molecular complexity index is 660. The lowest BCUT2D eigenvalue weighted by molar-refractivity contribution is 0.229. The van der Waals surface area contributed by atoms with Crippen LogP contribution in [-0.4, -0.2) is 45.8 Å². The zero-order valence-electron chi connectivity index (χ0n) is 12.4. The summed E-state index contributed by atoms with van der Waals surface area (Å²) in [5.74, 6) is 1.39. The Labute approximate surface area is 123 Å². The van der Waals surface area contributed by atoms with Crippen LogP contribution < -0.4 is 10.2 Å². The van der Waals surface area contributed by atoms with Gasteiger partial charge < -0.3 is 10.2 Å². The normalized spacial score (nSPS) is 14.9. The van der Waals surface area contributed by atoms with E-state index < -0.39 is 0 Å². The molecule has 110 valence electrons. The average Bonchev–Trinajstić information content (AvgIpc) is 2.94. The van der Waals surface area contributed by atoms with Crippen molar-refractivity contribution in [2.75, 3.05) is 30.4 Å². The van der Waals surface area contributed by atoms with Crippen molar-refractivity contribution in [3.63, 3.8) is 0 Å². The number of anilines is 3. The van der Waals surface area contributed by atoms with Crippen molar-refractivity contribution in [1.82, 2.24) is 19.7 Å². The summed E-state index contributed by atoms with van der Waals surface area (Å²) in [7, 11) is 3.66. The van der Waals surface area contributed by atoms with Crippen LogP contribution in [0.4, 0.5) is 22.1 Å². The molecular formula is C14H18N6O. The average molecular weight is 286 g/mol. The van der Waals surface area contributed by atoms with Crippen LogP contribution in [0.15, 0.2) is 24.3 Å². The first-order valence-electron chi connectivity index (χ1n) is 6.82. The van der Waals surface area contributed by atoms with Crippen LogP contribution in [0, 0.1) is 6.92 Å². The van der Waals surface area contributed by atoms with Gasteiger partial charge in [-0.05, 0) is 25.1 Å². The van der Waals surface area contributed by atoms with E-state index in [1.807, 2.05) is 45.3 Å². The van der Waals surface area contributed by atoms with Gasteiger partial charge in [0.25, 0.3) is 0 Å². The van der Waals surface area contributed by atoms with Crippen LogP contribution in [0.25, 0.3) is 0 Å². The first kappa shape index (κ1) is 13.4. The van der Waals surface area contributed by atoms with Crippen LogP contribution in [0.3, 0.4) is 0 Å². The highest BCUT2D eigenvalue weighted by Crippen LogP contribution is 2.24. The summed E-state index contributed by atoms with van der Waals surface area (Å²) in [5, 5.41) is 7.43. The minimum absolute atomic E-state index is 0.0268. The van der Waals surface area contributed by atoms with E-state index in [-0.39, 0.29) is 6.03 Å². The standard InChI is InChI=1S/C14H18N6O/c1-10-15-13(17-19(10)3)16-11-5-4-6-12(9-11)20-8-7-18(2)14(20)21/h4-6,9H,7-8H2,1-3H3,(H,16,17). The highest BCUT2D eigenvalue weighted by atomic mass is 16.2. The van der Waals surface area contributed by atoms with Gasteiger partial charge in [-0.15, -0.1) is 5.10 Å².